The van der Waals surface area contributed by atoms with Gasteiger partial charge in [-0.1, -0.05) is 0 Å². The molecule has 0 saturated heterocycles. The lowest BCUT2D eigenvalue weighted by atomic mass is 10.3. The molecule has 1 rings (SSSR count). The molecule has 110 valence electrons. The van der Waals surface area contributed by atoms with Crippen molar-refractivity contribution in [1.82, 2.24) is 14.5 Å². The first-order valence-electron chi connectivity index (χ1n) is 6.22. The molecule has 0 aromatic carbocycles. The van der Waals surface area contributed by atoms with Gasteiger partial charge in [-0.25, -0.2) is 8.42 Å². The maximum atomic E-state index is 12.3. The molecular formula is C12H23N3O2S2. The molecule has 7 heteroatoms. The smallest absolute Gasteiger partial charge is 0.252 e. The van der Waals surface area contributed by atoms with Gasteiger partial charge in [0.15, 0.2) is 0 Å². The SMILES string of the molecule is CNCCc1ccc(S(=O)(=O)N(C)CCN(C)C)s1. The number of nitrogens with zero attached hydrogens (tertiary/aromatic N) is 2. The third kappa shape index (κ3) is 4.85. The van der Waals surface area contributed by atoms with Gasteiger partial charge in [0.25, 0.3) is 10.0 Å². The molecule has 0 fully saturated rings. The molecule has 0 aliphatic carbocycles. The number of likely N-dealkylation sites (N-methyl/N-ethyl adjacent to an activating group) is 3. The monoisotopic (exact) mass is 305 g/mol. The molecule has 0 bridgehead atoms. The molecule has 5 nitrogen and oxygen atoms in total. The van der Waals surface area contributed by atoms with Crippen LogP contribution in [0, 0.1) is 0 Å². The average Bonchev–Trinajstić information content (AvgIpc) is 2.82. The highest BCUT2D eigenvalue weighted by Gasteiger charge is 2.22. The molecule has 0 unspecified atom stereocenters. The fourth-order valence-corrected chi connectivity index (χ4v) is 4.22. The maximum absolute atomic E-state index is 12.3. The predicted molar refractivity (Wildman–Crippen MR) is 80.3 cm³/mol. The highest BCUT2D eigenvalue weighted by atomic mass is 32.2. The van der Waals surface area contributed by atoms with Crippen LogP contribution in [-0.2, 0) is 16.4 Å². The fourth-order valence-electron chi connectivity index (χ4n) is 1.49. The number of thiophene rings is 1. The second-order valence-corrected chi connectivity index (χ2v) is 8.14. The summed E-state index contributed by atoms with van der Waals surface area (Å²) in [7, 11) is 4.05. The molecule has 0 aliphatic rings. The first-order valence-corrected chi connectivity index (χ1v) is 8.48. The molecule has 0 amide bonds. The van der Waals surface area contributed by atoms with Gasteiger partial charge in [-0.05, 0) is 46.2 Å². The van der Waals surface area contributed by atoms with Crippen molar-refractivity contribution in [3.8, 4) is 0 Å². The molecule has 1 heterocycles. The van der Waals surface area contributed by atoms with Crippen LogP contribution < -0.4 is 5.32 Å². The van der Waals surface area contributed by atoms with Crippen LogP contribution in [0.2, 0.25) is 0 Å². The van der Waals surface area contributed by atoms with Crippen molar-refractivity contribution in [3.63, 3.8) is 0 Å². The van der Waals surface area contributed by atoms with Crippen LogP contribution in [0.5, 0.6) is 0 Å². The van der Waals surface area contributed by atoms with E-state index < -0.39 is 10.0 Å². The number of sulfonamides is 1. The Labute approximate surface area is 120 Å². The highest BCUT2D eigenvalue weighted by Crippen LogP contribution is 2.24. The van der Waals surface area contributed by atoms with Crippen LogP contribution in [0.4, 0.5) is 0 Å². The summed E-state index contributed by atoms with van der Waals surface area (Å²) in [5.41, 5.74) is 0. The molecule has 0 spiro atoms. The predicted octanol–water partition coefficient (Wildman–Crippen LogP) is 0.692. The quantitative estimate of drug-likeness (QED) is 0.768. The van der Waals surface area contributed by atoms with E-state index in [-0.39, 0.29) is 0 Å². The molecule has 0 aliphatic heterocycles. The third-order valence-corrected chi connectivity index (χ3v) is 6.25. The van der Waals surface area contributed by atoms with Gasteiger partial charge in [0, 0.05) is 25.0 Å². The Bertz CT molecular complexity index is 483. The van der Waals surface area contributed by atoms with Crippen LogP contribution >= 0.6 is 11.3 Å². The lowest BCUT2D eigenvalue weighted by molar-refractivity contribution is 0.359. The lowest BCUT2D eigenvalue weighted by Crippen LogP contribution is -2.33. The van der Waals surface area contributed by atoms with Gasteiger partial charge < -0.3 is 10.2 Å². The van der Waals surface area contributed by atoms with Crippen molar-refractivity contribution in [3.05, 3.63) is 17.0 Å². The van der Waals surface area contributed by atoms with Gasteiger partial charge >= 0.3 is 0 Å². The molecule has 1 aromatic heterocycles. The van der Waals surface area contributed by atoms with E-state index in [2.05, 4.69) is 5.32 Å². The van der Waals surface area contributed by atoms with Gasteiger partial charge in [-0.15, -0.1) is 11.3 Å². The highest BCUT2D eigenvalue weighted by molar-refractivity contribution is 7.91. The summed E-state index contributed by atoms with van der Waals surface area (Å²) in [6.45, 7) is 2.07. The van der Waals surface area contributed by atoms with Crippen LogP contribution in [0.25, 0.3) is 0 Å². The van der Waals surface area contributed by atoms with E-state index in [0.29, 0.717) is 17.3 Å². The third-order valence-electron chi connectivity index (χ3n) is 2.79. The van der Waals surface area contributed by atoms with Gasteiger partial charge in [0.1, 0.15) is 4.21 Å². The Morgan fingerprint density at radius 1 is 1.21 bits per heavy atom. The Morgan fingerprint density at radius 3 is 2.47 bits per heavy atom. The van der Waals surface area contributed by atoms with Gasteiger partial charge in [0.2, 0.25) is 0 Å². The van der Waals surface area contributed by atoms with Crippen molar-refractivity contribution >= 4 is 21.4 Å². The number of rotatable bonds is 8. The van der Waals surface area contributed by atoms with E-state index in [4.69, 9.17) is 0 Å². The minimum atomic E-state index is -3.33. The molecule has 0 saturated carbocycles. The average molecular weight is 305 g/mol. The van der Waals surface area contributed by atoms with E-state index >= 15 is 0 Å². The van der Waals surface area contributed by atoms with E-state index in [0.717, 1.165) is 17.8 Å². The normalized spacial score (nSPS) is 12.5. The summed E-state index contributed by atoms with van der Waals surface area (Å²) in [6, 6.07) is 3.60. The molecule has 1 aromatic rings. The van der Waals surface area contributed by atoms with Crippen LogP contribution in [0.3, 0.4) is 0 Å². The Balaban J connectivity index is 2.73. The first-order chi connectivity index (χ1) is 8.87. The van der Waals surface area contributed by atoms with Crippen molar-refractivity contribution in [2.45, 2.75) is 10.6 Å². The number of hydrogen-bond acceptors (Lipinski definition) is 5. The number of hydrogen-bond donors (Lipinski definition) is 1. The fraction of sp³-hybridized carbons (Fsp3) is 0.667. The Morgan fingerprint density at radius 2 is 1.89 bits per heavy atom. The zero-order valence-corrected chi connectivity index (χ0v) is 13.6. The summed E-state index contributed by atoms with van der Waals surface area (Å²) < 4.78 is 26.5. The summed E-state index contributed by atoms with van der Waals surface area (Å²) in [6.07, 6.45) is 0.859. The van der Waals surface area contributed by atoms with E-state index in [1.165, 1.54) is 15.6 Å². The van der Waals surface area contributed by atoms with E-state index in [9.17, 15) is 8.42 Å². The van der Waals surface area contributed by atoms with Gasteiger partial charge in [-0.2, -0.15) is 4.31 Å². The largest absolute Gasteiger partial charge is 0.319 e. The van der Waals surface area contributed by atoms with Crippen molar-refractivity contribution < 1.29 is 8.42 Å². The van der Waals surface area contributed by atoms with Crippen LogP contribution in [-0.4, -0.2) is 65.4 Å². The minimum Gasteiger partial charge on any atom is -0.319 e. The maximum Gasteiger partial charge on any atom is 0.252 e. The first kappa shape index (κ1) is 16.6. The summed E-state index contributed by atoms with van der Waals surface area (Å²) in [4.78, 5) is 3.06. The van der Waals surface area contributed by atoms with Gasteiger partial charge in [-0.3, -0.25) is 0 Å². The van der Waals surface area contributed by atoms with Crippen molar-refractivity contribution in [2.24, 2.45) is 0 Å². The number of nitrogens with one attached hydrogen (secondary N) is 1. The van der Waals surface area contributed by atoms with Crippen LogP contribution in [0.1, 0.15) is 4.88 Å². The molecule has 0 atom stereocenters. The molecule has 1 N–H and O–H groups in total. The van der Waals surface area contributed by atoms with Crippen molar-refractivity contribution in [1.29, 1.82) is 0 Å². The lowest BCUT2D eigenvalue weighted by Gasteiger charge is -2.18. The molecule has 0 radical (unpaired) electrons. The topological polar surface area (TPSA) is 52.7 Å². The minimum absolute atomic E-state index is 0.430. The Hall–Kier alpha value is -0.470. The zero-order chi connectivity index (χ0) is 14.5. The zero-order valence-electron chi connectivity index (χ0n) is 12.0. The molecule has 19 heavy (non-hydrogen) atoms. The second kappa shape index (κ2) is 7.35. The summed E-state index contributed by atoms with van der Waals surface area (Å²) in [5, 5.41) is 3.06. The Kier molecular flexibility index (Phi) is 6.41. The molecular weight excluding hydrogens is 282 g/mol. The second-order valence-electron chi connectivity index (χ2n) is 4.70. The van der Waals surface area contributed by atoms with Crippen LogP contribution in [0.15, 0.2) is 16.3 Å². The van der Waals surface area contributed by atoms with Crippen molar-refractivity contribution in [2.75, 3.05) is 47.8 Å². The summed E-state index contributed by atoms with van der Waals surface area (Å²) >= 11 is 1.36. The van der Waals surface area contributed by atoms with E-state index in [1.54, 1.807) is 13.1 Å². The van der Waals surface area contributed by atoms with E-state index in [1.807, 2.05) is 32.1 Å². The standard InChI is InChI=1S/C12H23N3O2S2/c1-13-8-7-11-5-6-12(18-11)19(16,17)15(4)10-9-14(2)3/h5-6,13H,7-10H2,1-4H3. The van der Waals surface area contributed by atoms with Gasteiger partial charge in [0.05, 0.1) is 0 Å². The summed E-state index contributed by atoms with van der Waals surface area (Å²) in [5.74, 6) is 0.